The Bertz CT molecular complexity index is 393. The summed E-state index contributed by atoms with van der Waals surface area (Å²) in [5.74, 6) is 0.911. The van der Waals surface area contributed by atoms with E-state index in [-0.39, 0.29) is 5.41 Å². The second-order valence-electron chi connectivity index (χ2n) is 6.93. The number of hydrogen-bond donors (Lipinski definition) is 1. The van der Waals surface area contributed by atoms with Crippen LogP contribution in [-0.2, 0) is 0 Å². The molecule has 0 radical (unpaired) electrons. The summed E-state index contributed by atoms with van der Waals surface area (Å²) in [5.41, 5.74) is 0.918. The Hall–Kier alpha value is -0.860. The zero-order valence-electron chi connectivity index (χ0n) is 13.2. The van der Waals surface area contributed by atoms with Gasteiger partial charge < -0.3 is 10.0 Å². The summed E-state index contributed by atoms with van der Waals surface area (Å²) in [4.78, 5) is 2.53. The van der Waals surface area contributed by atoms with Crippen LogP contribution in [0.1, 0.15) is 51.7 Å². The quantitative estimate of drug-likeness (QED) is 0.882. The van der Waals surface area contributed by atoms with E-state index in [2.05, 4.69) is 25.7 Å². The van der Waals surface area contributed by atoms with E-state index in [4.69, 9.17) is 0 Å². The van der Waals surface area contributed by atoms with E-state index in [1.807, 2.05) is 30.3 Å². The van der Waals surface area contributed by atoms with E-state index in [0.717, 1.165) is 18.0 Å². The predicted octanol–water partition coefficient (Wildman–Crippen LogP) is 3.87. The van der Waals surface area contributed by atoms with Crippen molar-refractivity contribution in [1.29, 1.82) is 0 Å². The minimum atomic E-state index is -0.396. The molecule has 2 heteroatoms. The molecule has 1 aromatic rings. The summed E-state index contributed by atoms with van der Waals surface area (Å²) in [6, 6.07) is 10.0. The maximum Gasteiger partial charge on any atom is 0.0853 e. The molecule has 2 nitrogen and oxygen atoms in total. The fourth-order valence-electron chi connectivity index (χ4n) is 3.30. The lowest BCUT2D eigenvalue weighted by Gasteiger charge is -2.39. The van der Waals surface area contributed by atoms with E-state index < -0.39 is 6.10 Å². The predicted molar refractivity (Wildman–Crippen MR) is 84.6 cm³/mol. The molecule has 20 heavy (non-hydrogen) atoms. The molecule has 2 rings (SSSR count). The minimum Gasteiger partial charge on any atom is -0.388 e. The molecule has 112 valence electrons. The van der Waals surface area contributed by atoms with Gasteiger partial charge in [-0.25, -0.2) is 0 Å². The van der Waals surface area contributed by atoms with Gasteiger partial charge in [-0.1, -0.05) is 57.5 Å². The summed E-state index contributed by atoms with van der Waals surface area (Å²) in [6.45, 7) is 9.99. The van der Waals surface area contributed by atoms with Crippen LogP contribution >= 0.6 is 0 Å². The SMILES string of the molecule is CCC1CCN(CC(C)(C)C(O)c2ccccc2)CC1. The second-order valence-corrected chi connectivity index (χ2v) is 6.93. The van der Waals surface area contributed by atoms with E-state index >= 15 is 0 Å². The number of nitrogens with zero attached hydrogens (tertiary/aromatic N) is 1. The number of aliphatic hydroxyl groups excluding tert-OH is 1. The van der Waals surface area contributed by atoms with Crippen molar-refractivity contribution in [3.8, 4) is 0 Å². The Kier molecular flexibility index (Phi) is 5.22. The molecule has 1 saturated heterocycles. The van der Waals surface area contributed by atoms with Gasteiger partial charge in [-0.15, -0.1) is 0 Å². The van der Waals surface area contributed by atoms with Crippen molar-refractivity contribution >= 4 is 0 Å². The first kappa shape index (κ1) is 15.5. The average Bonchev–Trinajstić information content (AvgIpc) is 2.48. The zero-order valence-corrected chi connectivity index (χ0v) is 13.2. The fourth-order valence-corrected chi connectivity index (χ4v) is 3.30. The first-order chi connectivity index (χ1) is 9.53. The Morgan fingerprint density at radius 3 is 2.35 bits per heavy atom. The molecule has 1 aliphatic heterocycles. The molecule has 0 saturated carbocycles. The Balaban J connectivity index is 1.94. The lowest BCUT2D eigenvalue weighted by molar-refractivity contribution is 0.0118. The molecular weight excluding hydrogens is 246 g/mol. The van der Waals surface area contributed by atoms with Gasteiger partial charge in [-0.05, 0) is 37.4 Å². The van der Waals surface area contributed by atoms with E-state index in [9.17, 15) is 5.11 Å². The number of likely N-dealkylation sites (tertiary alicyclic amines) is 1. The van der Waals surface area contributed by atoms with Crippen LogP contribution in [0.2, 0.25) is 0 Å². The first-order valence-corrected chi connectivity index (χ1v) is 7.98. The molecule has 0 bridgehead atoms. The maximum atomic E-state index is 10.7. The molecule has 0 amide bonds. The monoisotopic (exact) mass is 275 g/mol. The summed E-state index contributed by atoms with van der Waals surface area (Å²) in [6.07, 6.45) is 3.54. The van der Waals surface area contributed by atoms with Crippen LogP contribution in [0.25, 0.3) is 0 Å². The molecule has 0 aliphatic carbocycles. The van der Waals surface area contributed by atoms with Crippen LogP contribution in [0.5, 0.6) is 0 Å². The zero-order chi connectivity index (χ0) is 14.6. The van der Waals surface area contributed by atoms with E-state index in [1.165, 1.54) is 32.4 Å². The van der Waals surface area contributed by atoms with Crippen molar-refractivity contribution in [2.24, 2.45) is 11.3 Å². The van der Waals surface area contributed by atoms with Crippen LogP contribution in [0.4, 0.5) is 0 Å². The highest BCUT2D eigenvalue weighted by Gasteiger charge is 2.32. The molecule has 1 aliphatic rings. The molecule has 1 N–H and O–H groups in total. The van der Waals surface area contributed by atoms with Crippen LogP contribution in [0, 0.1) is 11.3 Å². The van der Waals surface area contributed by atoms with Gasteiger partial charge in [0.15, 0.2) is 0 Å². The third-order valence-electron chi connectivity index (χ3n) is 4.77. The molecule has 0 spiro atoms. The Morgan fingerprint density at radius 2 is 1.80 bits per heavy atom. The minimum absolute atomic E-state index is 0.111. The molecule has 1 atom stereocenters. The van der Waals surface area contributed by atoms with Gasteiger partial charge >= 0.3 is 0 Å². The first-order valence-electron chi connectivity index (χ1n) is 7.98. The van der Waals surface area contributed by atoms with E-state index in [1.54, 1.807) is 0 Å². The van der Waals surface area contributed by atoms with Crippen molar-refractivity contribution in [2.45, 2.75) is 46.1 Å². The van der Waals surface area contributed by atoms with Gasteiger partial charge in [0.05, 0.1) is 6.10 Å². The van der Waals surface area contributed by atoms with Crippen molar-refractivity contribution in [2.75, 3.05) is 19.6 Å². The lowest BCUT2D eigenvalue weighted by atomic mass is 9.81. The van der Waals surface area contributed by atoms with Crippen molar-refractivity contribution in [1.82, 2.24) is 4.90 Å². The van der Waals surface area contributed by atoms with Gasteiger partial charge in [-0.2, -0.15) is 0 Å². The third kappa shape index (κ3) is 3.83. The lowest BCUT2D eigenvalue weighted by Crippen LogP contribution is -2.42. The Labute approximate surface area is 123 Å². The standard InChI is InChI=1S/C18H29NO/c1-4-15-10-12-19(13-11-15)14-18(2,3)17(20)16-8-6-5-7-9-16/h5-9,15,17,20H,4,10-14H2,1-3H3. The Morgan fingerprint density at radius 1 is 1.20 bits per heavy atom. The topological polar surface area (TPSA) is 23.5 Å². The van der Waals surface area contributed by atoms with Crippen LogP contribution < -0.4 is 0 Å². The smallest absolute Gasteiger partial charge is 0.0853 e. The largest absolute Gasteiger partial charge is 0.388 e. The van der Waals surface area contributed by atoms with Crippen LogP contribution in [0.15, 0.2) is 30.3 Å². The highest BCUT2D eigenvalue weighted by molar-refractivity contribution is 5.19. The maximum absolute atomic E-state index is 10.7. The molecule has 1 fully saturated rings. The highest BCUT2D eigenvalue weighted by atomic mass is 16.3. The molecule has 1 unspecified atom stereocenters. The molecule has 1 heterocycles. The average molecular weight is 275 g/mol. The van der Waals surface area contributed by atoms with Crippen molar-refractivity contribution in [3.63, 3.8) is 0 Å². The van der Waals surface area contributed by atoms with E-state index in [0.29, 0.717) is 0 Å². The molecular formula is C18H29NO. The normalized spacial score (nSPS) is 20.0. The van der Waals surface area contributed by atoms with Gasteiger partial charge in [-0.3, -0.25) is 0 Å². The summed E-state index contributed by atoms with van der Waals surface area (Å²) < 4.78 is 0. The highest BCUT2D eigenvalue weighted by Crippen LogP contribution is 2.35. The summed E-state index contributed by atoms with van der Waals surface area (Å²) in [5, 5.41) is 10.7. The number of rotatable bonds is 5. The fraction of sp³-hybridized carbons (Fsp3) is 0.667. The number of piperidine rings is 1. The van der Waals surface area contributed by atoms with Gasteiger partial charge in [0, 0.05) is 12.0 Å². The van der Waals surface area contributed by atoms with Crippen LogP contribution in [0.3, 0.4) is 0 Å². The van der Waals surface area contributed by atoms with Gasteiger partial charge in [0.2, 0.25) is 0 Å². The number of benzene rings is 1. The van der Waals surface area contributed by atoms with Crippen molar-refractivity contribution in [3.05, 3.63) is 35.9 Å². The summed E-state index contributed by atoms with van der Waals surface area (Å²) >= 11 is 0. The van der Waals surface area contributed by atoms with Crippen LogP contribution in [-0.4, -0.2) is 29.6 Å². The third-order valence-corrected chi connectivity index (χ3v) is 4.77. The number of aliphatic hydroxyl groups is 1. The molecule has 1 aromatic carbocycles. The number of hydrogen-bond acceptors (Lipinski definition) is 2. The van der Waals surface area contributed by atoms with Crippen molar-refractivity contribution < 1.29 is 5.11 Å². The second kappa shape index (κ2) is 6.73. The van der Waals surface area contributed by atoms with Gasteiger partial charge in [0.25, 0.3) is 0 Å². The molecule has 0 aromatic heterocycles. The van der Waals surface area contributed by atoms with Gasteiger partial charge in [0.1, 0.15) is 0 Å². The summed E-state index contributed by atoms with van der Waals surface area (Å²) in [7, 11) is 0.